The second-order valence-corrected chi connectivity index (χ2v) is 5.42. The van der Waals surface area contributed by atoms with E-state index < -0.39 is 0 Å². The average Bonchev–Trinajstić information content (AvgIpc) is 2.31. The van der Waals surface area contributed by atoms with E-state index in [-0.39, 0.29) is 5.92 Å². The lowest BCUT2D eigenvalue weighted by molar-refractivity contribution is -0.127. The maximum absolute atomic E-state index is 12.0. The molecule has 0 aromatic heterocycles. The van der Waals surface area contributed by atoms with E-state index in [0.717, 1.165) is 25.9 Å². The highest BCUT2D eigenvalue weighted by Crippen LogP contribution is 2.20. The van der Waals surface area contributed by atoms with Crippen molar-refractivity contribution >= 4 is 5.91 Å². The molecule has 0 radical (unpaired) electrons. The molecule has 0 bridgehead atoms. The van der Waals surface area contributed by atoms with Gasteiger partial charge in [-0.2, -0.15) is 0 Å². The van der Waals surface area contributed by atoms with Crippen LogP contribution in [0.5, 0.6) is 0 Å². The quantitative estimate of drug-likeness (QED) is 0.775. The molecule has 1 aliphatic heterocycles. The first-order valence-corrected chi connectivity index (χ1v) is 6.74. The van der Waals surface area contributed by atoms with Crippen LogP contribution < -0.4 is 5.32 Å². The number of piperidine rings is 1. The summed E-state index contributed by atoms with van der Waals surface area (Å²) < 4.78 is 0. The lowest BCUT2D eigenvalue weighted by Gasteiger charge is -2.30. The standard InChI is InChI=1S/C13H24N2O/c1-15-9-7-11(8-10-15)13(16)14-12-5-3-2-4-6-12/h11-12H,2-10H2,1H3,(H,14,16). The van der Waals surface area contributed by atoms with Gasteiger partial charge in [0.15, 0.2) is 0 Å². The van der Waals surface area contributed by atoms with Crippen molar-refractivity contribution in [3.05, 3.63) is 0 Å². The van der Waals surface area contributed by atoms with Crippen molar-refractivity contribution in [3.8, 4) is 0 Å². The Morgan fingerprint density at radius 2 is 1.69 bits per heavy atom. The summed E-state index contributed by atoms with van der Waals surface area (Å²) in [6.45, 7) is 2.14. The number of nitrogens with one attached hydrogen (secondary N) is 1. The molecule has 1 saturated heterocycles. The van der Waals surface area contributed by atoms with Crippen LogP contribution in [0.4, 0.5) is 0 Å². The Morgan fingerprint density at radius 1 is 1.06 bits per heavy atom. The number of likely N-dealkylation sites (tertiary alicyclic amines) is 1. The van der Waals surface area contributed by atoms with E-state index in [1.165, 1.54) is 32.1 Å². The minimum atomic E-state index is 0.276. The van der Waals surface area contributed by atoms with Gasteiger partial charge in [0.05, 0.1) is 0 Å². The molecule has 92 valence electrons. The third-order valence-corrected chi connectivity index (χ3v) is 4.04. The van der Waals surface area contributed by atoms with E-state index in [0.29, 0.717) is 11.9 Å². The van der Waals surface area contributed by atoms with Gasteiger partial charge in [-0.15, -0.1) is 0 Å². The molecule has 16 heavy (non-hydrogen) atoms. The Balaban J connectivity index is 1.74. The SMILES string of the molecule is CN1CCC(C(=O)NC2CCCCC2)CC1. The molecule has 1 saturated carbocycles. The molecule has 2 aliphatic rings. The molecule has 3 heteroatoms. The van der Waals surface area contributed by atoms with Crippen LogP contribution in [0.2, 0.25) is 0 Å². The van der Waals surface area contributed by atoms with E-state index >= 15 is 0 Å². The van der Waals surface area contributed by atoms with Crippen LogP contribution in [0, 0.1) is 5.92 Å². The summed E-state index contributed by atoms with van der Waals surface area (Å²) >= 11 is 0. The molecular formula is C13H24N2O. The first kappa shape index (κ1) is 11.9. The predicted octanol–water partition coefficient (Wildman–Crippen LogP) is 1.78. The summed E-state index contributed by atoms with van der Waals surface area (Å²) in [7, 11) is 2.13. The fraction of sp³-hybridized carbons (Fsp3) is 0.923. The normalized spacial score (nSPS) is 25.6. The Labute approximate surface area is 98.6 Å². The Morgan fingerprint density at radius 3 is 2.31 bits per heavy atom. The van der Waals surface area contributed by atoms with Gasteiger partial charge in [0.2, 0.25) is 5.91 Å². The summed E-state index contributed by atoms with van der Waals surface area (Å²) in [4.78, 5) is 14.4. The minimum absolute atomic E-state index is 0.276. The zero-order valence-corrected chi connectivity index (χ0v) is 10.4. The summed E-state index contributed by atoms with van der Waals surface area (Å²) in [5, 5.41) is 3.25. The molecule has 2 rings (SSSR count). The number of hydrogen-bond acceptors (Lipinski definition) is 2. The molecule has 0 atom stereocenters. The van der Waals surface area contributed by atoms with Crippen molar-refractivity contribution < 1.29 is 4.79 Å². The van der Waals surface area contributed by atoms with Gasteiger partial charge in [0, 0.05) is 12.0 Å². The fourth-order valence-corrected chi connectivity index (χ4v) is 2.84. The van der Waals surface area contributed by atoms with Crippen molar-refractivity contribution in [3.63, 3.8) is 0 Å². The van der Waals surface area contributed by atoms with Crippen molar-refractivity contribution in [2.45, 2.75) is 51.0 Å². The Bertz CT molecular complexity index is 228. The Kier molecular flexibility index (Phi) is 4.22. The number of hydrogen-bond donors (Lipinski definition) is 1. The molecule has 2 fully saturated rings. The van der Waals surface area contributed by atoms with Crippen molar-refractivity contribution in [1.29, 1.82) is 0 Å². The van der Waals surface area contributed by atoms with E-state index in [4.69, 9.17) is 0 Å². The minimum Gasteiger partial charge on any atom is -0.353 e. The van der Waals surface area contributed by atoms with Crippen LogP contribution in [0.1, 0.15) is 44.9 Å². The van der Waals surface area contributed by atoms with Crippen LogP contribution in [0.3, 0.4) is 0 Å². The summed E-state index contributed by atoms with van der Waals surface area (Å²) in [5.41, 5.74) is 0. The van der Waals surface area contributed by atoms with Crippen LogP contribution in [0.15, 0.2) is 0 Å². The molecule has 1 heterocycles. The topological polar surface area (TPSA) is 32.3 Å². The zero-order valence-electron chi connectivity index (χ0n) is 10.4. The zero-order chi connectivity index (χ0) is 11.4. The van der Waals surface area contributed by atoms with Crippen LogP contribution >= 0.6 is 0 Å². The second kappa shape index (κ2) is 5.67. The maximum Gasteiger partial charge on any atom is 0.223 e. The lowest BCUT2D eigenvalue weighted by Crippen LogP contribution is -2.43. The molecule has 3 nitrogen and oxygen atoms in total. The molecular weight excluding hydrogens is 200 g/mol. The van der Waals surface area contributed by atoms with Gasteiger partial charge in [-0.25, -0.2) is 0 Å². The first-order valence-electron chi connectivity index (χ1n) is 6.74. The maximum atomic E-state index is 12.0. The molecule has 1 amide bonds. The van der Waals surface area contributed by atoms with Gasteiger partial charge < -0.3 is 10.2 Å². The summed E-state index contributed by atoms with van der Waals surface area (Å²) in [6.07, 6.45) is 8.39. The van der Waals surface area contributed by atoms with Gasteiger partial charge in [-0.3, -0.25) is 4.79 Å². The van der Waals surface area contributed by atoms with Gasteiger partial charge in [0.25, 0.3) is 0 Å². The lowest BCUT2D eigenvalue weighted by atomic mass is 9.92. The molecule has 0 unspecified atom stereocenters. The highest BCUT2D eigenvalue weighted by Gasteiger charge is 2.25. The highest BCUT2D eigenvalue weighted by molar-refractivity contribution is 5.79. The van der Waals surface area contributed by atoms with E-state index in [9.17, 15) is 4.79 Å². The smallest absolute Gasteiger partial charge is 0.223 e. The monoisotopic (exact) mass is 224 g/mol. The molecule has 0 spiro atoms. The van der Waals surface area contributed by atoms with Gasteiger partial charge in [0.1, 0.15) is 0 Å². The number of amides is 1. The highest BCUT2D eigenvalue weighted by atomic mass is 16.1. The van der Waals surface area contributed by atoms with E-state index in [1.807, 2.05) is 0 Å². The van der Waals surface area contributed by atoms with E-state index in [2.05, 4.69) is 17.3 Å². The molecule has 0 aromatic rings. The van der Waals surface area contributed by atoms with Crippen LogP contribution in [0.25, 0.3) is 0 Å². The largest absolute Gasteiger partial charge is 0.353 e. The first-order chi connectivity index (χ1) is 7.75. The predicted molar refractivity (Wildman–Crippen MR) is 65.2 cm³/mol. The van der Waals surface area contributed by atoms with Gasteiger partial charge in [-0.05, 0) is 45.8 Å². The second-order valence-electron chi connectivity index (χ2n) is 5.42. The third-order valence-electron chi connectivity index (χ3n) is 4.04. The molecule has 1 N–H and O–H groups in total. The average molecular weight is 224 g/mol. The number of nitrogens with zero attached hydrogens (tertiary/aromatic N) is 1. The fourth-order valence-electron chi connectivity index (χ4n) is 2.84. The van der Waals surface area contributed by atoms with Gasteiger partial charge >= 0.3 is 0 Å². The molecule has 1 aliphatic carbocycles. The van der Waals surface area contributed by atoms with Crippen LogP contribution in [-0.4, -0.2) is 37.0 Å². The van der Waals surface area contributed by atoms with Crippen LogP contribution in [-0.2, 0) is 4.79 Å². The number of carbonyl (C=O) groups excluding carboxylic acids is 1. The van der Waals surface area contributed by atoms with Crippen molar-refractivity contribution in [2.24, 2.45) is 5.92 Å². The number of rotatable bonds is 2. The summed E-state index contributed by atoms with van der Waals surface area (Å²) in [6, 6.07) is 0.473. The summed E-state index contributed by atoms with van der Waals surface area (Å²) in [5.74, 6) is 0.595. The molecule has 0 aromatic carbocycles. The van der Waals surface area contributed by atoms with E-state index in [1.54, 1.807) is 0 Å². The third kappa shape index (κ3) is 3.21. The number of carbonyl (C=O) groups is 1. The van der Waals surface area contributed by atoms with Crippen molar-refractivity contribution in [2.75, 3.05) is 20.1 Å². The Hall–Kier alpha value is -0.570. The van der Waals surface area contributed by atoms with Crippen molar-refractivity contribution in [1.82, 2.24) is 10.2 Å². The van der Waals surface area contributed by atoms with Gasteiger partial charge in [-0.1, -0.05) is 19.3 Å².